The first-order valence-electron chi connectivity index (χ1n) is 4.71. The van der Waals surface area contributed by atoms with E-state index in [4.69, 9.17) is 15.9 Å². The third-order valence-corrected chi connectivity index (χ3v) is 2.93. The molecule has 1 fully saturated rings. The molecule has 0 radical (unpaired) electrons. The summed E-state index contributed by atoms with van der Waals surface area (Å²) < 4.78 is 0. The van der Waals surface area contributed by atoms with E-state index >= 15 is 0 Å². The summed E-state index contributed by atoms with van der Waals surface area (Å²) in [4.78, 5) is 11.1. The molecule has 1 rings (SSSR count). The highest BCUT2D eigenvalue weighted by Gasteiger charge is 2.49. The van der Waals surface area contributed by atoms with E-state index in [1.165, 1.54) is 0 Å². The van der Waals surface area contributed by atoms with Gasteiger partial charge >= 0.3 is 5.97 Å². The van der Waals surface area contributed by atoms with Gasteiger partial charge in [0.05, 0.1) is 5.41 Å². The van der Waals surface area contributed by atoms with Crippen LogP contribution in [0.5, 0.6) is 0 Å². The number of hydrogen-bond donors (Lipinski definition) is 3. The van der Waals surface area contributed by atoms with Crippen LogP contribution in [0.3, 0.4) is 0 Å². The van der Waals surface area contributed by atoms with Crippen LogP contribution in [0.25, 0.3) is 0 Å². The molecule has 1 atom stereocenters. The summed E-state index contributed by atoms with van der Waals surface area (Å²) in [5, 5.41) is 17.8. The van der Waals surface area contributed by atoms with Crippen LogP contribution >= 0.6 is 0 Å². The number of nitrogens with two attached hydrogens (primary N) is 1. The SMILES string of the molecule is NCC(CCCO)(C(=O)O)C1CC1. The minimum absolute atomic E-state index is 0.0434. The highest BCUT2D eigenvalue weighted by atomic mass is 16.4. The number of carbonyl (C=O) groups is 1. The molecule has 0 spiro atoms. The van der Waals surface area contributed by atoms with Crippen molar-refractivity contribution >= 4 is 5.97 Å². The minimum atomic E-state index is -0.800. The van der Waals surface area contributed by atoms with E-state index in [2.05, 4.69) is 0 Å². The molecule has 1 aliphatic rings. The Balaban J connectivity index is 2.64. The summed E-state index contributed by atoms with van der Waals surface area (Å²) in [6.45, 7) is 0.231. The zero-order valence-corrected chi connectivity index (χ0v) is 7.70. The predicted octanol–water partition coefficient (Wildman–Crippen LogP) is 0.199. The fraction of sp³-hybridized carbons (Fsp3) is 0.889. The fourth-order valence-electron chi connectivity index (χ4n) is 1.87. The molecule has 1 aliphatic carbocycles. The van der Waals surface area contributed by atoms with E-state index in [0.29, 0.717) is 12.8 Å². The van der Waals surface area contributed by atoms with Crippen molar-refractivity contribution in [1.82, 2.24) is 0 Å². The maximum absolute atomic E-state index is 11.1. The lowest BCUT2D eigenvalue weighted by molar-refractivity contribution is -0.150. The number of carboxylic acid groups (broad SMARTS) is 1. The molecule has 1 saturated carbocycles. The summed E-state index contributed by atoms with van der Waals surface area (Å²) in [5.74, 6) is -0.563. The Hall–Kier alpha value is -0.610. The normalized spacial score (nSPS) is 21.1. The van der Waals surface area contributed by atoms with E-state index in [1.54, 1.807) is 0 Å². The maximum atomic E-state index is 11.1. The molecule has 76 valence electrons. The van der Waals surface area contributed by atoms with Gasteiger partial charge in [-0.1, -0.05) is 0 Å². The third kappa shape index (κ3) is 2.00. The van der Waals surface area contributed by atoms with Crippen molar-refractivity contribution in [3.63, 3.8) is 0 Å². The van der Waals surface area contributed by atoms with Crippen LogP contribution in [0, 0.1) is 11.3 Å². The summed E-state index contributed by atoms with van der Waals surface area (Å²) in [6.07, 6.45) is 2.96. The predicted molar refractivity (Wildman–Crippen MR) is 48.2 cm³/mol. The Kier molecular flexibility index (Phi) is 3.27. The number of hydrogen-bond acceptors (Lipinski definition) is 3. The average Bonchev–Trinajstić information content (AvgIpc) is 2.90. The first-order valence-corrected chi connectivity index (χ1v) is 4.71. The zero-order chi connectivity index (χ0) is 9.90. The molecule has 0 aliphatic heterocycles. The standard InChI is InChI=1S/C9H17NO3/c10-6-9(8(12)13,4-1-5-11)7-2-3-7/h7,11H,1-6,10H2,(H,12,13). The molecular formula is C9H17NO3. The van der Waals surface area contributed by atoms with Crippen molar-refractivity contribution in [3.8, 4) is 0 Å². The smallest absolute Gasteiger partial charge is 0.311 e. The second kappa shape index (κ2) is 4.07. The van der Waals surface area contributed by atoms with Crippen LogP contribution in [-0.2, 0) is 4.79 Å². The van der Waals surface area contributed by atoms with Crippen LogP contribution in [0.15, 0.2) is 0 Å². The molecule has 4 nitrogen and oxygen atoms in total. The molecule has 0 aromatic heterocycles. The second-order valence-electron chi connectivity index (χ2n) is 3.77. The lowest BCUT2D eigenvalue weighted by atomic mass is 9.78. The number of aliphatic hydroxyl groups excluding tert-OH is 1. The maximum Gasteiger partial charge on any atom is 0.311 e. The van der Waals surface area contributed by atoms with E-state index in [-0.39, 0.29) is 19.1 Å². The van der Waals surface area contributed by atoms with Crippen molar-refractivity contribution in [1.29, 1.82) is 0 Å². The van der Waals surface area contributed by atoms with Gasteiger partial charge in [0.1, 0.15) is 0 Å². The zero-order valence-electron chi connectivity index (χ0n) is 7.70. The average molecular weight is 187 g/mol. The van der Waals surface area contributed by atoms with Gasteiger partial charge < -0.3 is 15.9 Å². The van der Waals surface area contributed by atoms with Gasteiger partial charge in [-0.15, -0.1) is 0 Å². The van der Waals surface area contributed by atoms with Gasteiger partial charge in [-0.3, -0.25) is 4.79 Å². The van der Waals surface area contributed by atoms with Crippen molar-refractivity contribution in [3.05, 3.63) is 0 Å². The van der Waals surface area contributed by atoms with Gasteiger partial charge in [-0.05, 0) is 31.6 Å². The molecule has 1 unspecified atom stereocenters. The molecule has 13 heavy (non-hydrogen) atoms. The van der Waals surface area contributed by atoms with Crippen molar-refractivity contribution in [2.75, 3.05) is 13.2 Å². The summed E-state index contributed by atoms with van der Waals surface area (Å²) in [5.41, 5.74) is 4.77. The van der Waals surface area contributed by atoms with E-state index in [1.807, 2.05) is 0 Å². The molecule has 0 bridgehead atoms. The van der Waals surface area contributed by atoms with Crippen LogP contribution in [0.1, 0.15) is 25.7 Å². The van der Waals surface area contributed by atoms with Gasteiger partial charge in [0, 0.05) is 13.2 Å². The molecule has 0 heterocycles. The Bertz CT molecular complexity index is 191. The van der Waals surface area contributed by atoms with Crippen LogP contribution in [0.4, 0.5) is 0 Å². The van der Waals surface area contributed by atoms with Gasteiger partial charge in [-0.2, -0.15) is 0 Å². The molecule has 0 aromatic rings. The van der Waals surface area contributed by atoms with Gasteiger partial charge in [0.25, 0.3) is 0 Å². The molecule has 4 N–H and O–H groups in total. The number of rotatable bonds is 6. The van der Waals surface area contributed by atoms with Crippen LogP contribution in [-0.4, -0.2) is 29.3 Å². The van der Waals surface area contributed by atoms with Crippen LogP contribution in [0.2, 0.25) is 0 Å². The van der Waals surface area contributed by atoms with Crippen molar-refractivity contribution in [2.24, 2.45) is 17.1 Å². The quantitative estimate of drug-likeness (QED) is 0.554. The Morgan fingerprint density at radius 3 is 2.46 bits per heavy atom. The first kappa shape index (κ1) is 10.5. The molecular weight excluding hydrogens is 170 g/mol. The van der Waals surface area contributed by atoms with E-state index in [0.717, 1.165) is 12.8 Å². The topological polar surface area (TPSA) is 83.5 Å². The van der Waals surface area contributed by atoms with Gasteiger partial charge in [0.15, 0.2) is 0 Å². The molecule has 4 heteroatoms. The van der Waals surface area contributed by atoms with E-state index in [9.17, 15) is 4.79 Å². The minimum Gasteiger partial charge on any atom is -0.481 e. The Morgan fingerprint density at radius 2 is 2.15 bits per heavy atom. The highest BCUT2D eigenvalue weighted by Crippen LogP contribution is 2.48. The van der Waals surface area contributed by atoms with Crippen molar-refractivity contribution in [2.45, 2.75) is 25.7 Å². The van der Waals surface area contributed by atoms with Gasteiger partial charge in [0.2, 0.25) is 0 Å². The molecule has 0 amide bonds. The first-order chi connectivity index (χ1) is 6.17. The number of aliphatic carboxylic acids is 1. The summed E-state index contributed by atoms with van der Waals surface area (Å²) >= 11 is 0. The van der Waals surface area contributed by atoms with Crippen LogP contribution < -0.4 is 5.73 Å². The number of aliphatic hydroxyl groups is 1. The second-order valence-corrected chi connectivity index (χ2v) is 3.77. The summed E-state index contributed by atoms with van der Waals surface area (Å²) in [6, 6.07) is 0. The molecule has 0 saturated heterocycles. The lowest BCUT2D eigenvalue weighted by Gasteiger charge is -2.27. The van der Waals surface area contributed by atoms with Crippen molar-refractivity contribution < 1.29 is 15.0 Å². The Labute approximate surface area is 77.7 Å². The van der Waals surface area contributed by atoms with E-state index < -0.39 is 11.4 Å². The fourth-order valence-corrected chi connectivity index (χ4v) is 1.87. The summed E-state index contributed by atoms with van der Waals surface area (Å²) in [7, 11) is 0. The molecule has 0 aromatic carbocycles. The third-order valence-electron chi connectivity index (χ3n) is 2.93. The number of carboxylic acids is 1. The Morgan fingerprint density at radius 1 is 1.54 bits per heavy atom. The highest BCUT2D eigenvalue weighted by molar-refractivity contribution is 5.75. The van der Waals surface area contributed by atoms with Gasteiger partial charge in [-0.25, -0.2) is 0 Å². The largest absolute Gasteiger partial charge is 0.481 e. The monoisotopic (exact) mass is 187 g/mol. The lowest BCUT2D eigenvalue weighted by Crippen LogP contribution is -2.40.